The van der Waals surface area contributed by atoms with E-state index in [1.807, 2.05) is 30.3 Å². The summed E-state index contributed by atoms with van der Waals surface area (Å²) in [6.07, 6.45) is 3.43. The fraction of sp³-hybridized carbons (Fsp3) is 0.526. The highest BCUT2D eigenvalue weighted by Gasteiger charge is 2.23. The normalized spacial score (nSPS) is 14.6. The summed E-state index contributed by atoms with van der Waals surface area (Å²) >= 11 is 0. The van der Waals surface area contributed by atoms with Crippen molar-refractivity contribution in [2.45, 2.75) is 45.1 Å². The predicted octanol–water partition coefficient (Wildman–Crippen LogP) is 2.04. The van der Waals surface area contributed by atoms with E-state index >= 15 is 0 Å². The zero-order valence-corrected chi connectivity index (χ0v) is 14.7. The molecule has 0 radical (unpaired) electrons. The third-order valence-corrected chi connectivity index (χ3v) is 4.28. The molecule has 1 aromatic carbocycles. The Kier molecular flexibility index (Phi) is 7.27. The zero-order chi connectivity index (χ0) is 18.1. The Bertz CT molecular complexity index is 614. The molecule has 1 aliphatic rings. The number of carbonyl (C=O) groups is 2. The van der Waals surface area contributed by atoms with Gasteiger partial charge in [0.25, 0.3) is 5.91 Å². The van der Waals surface area contributed by atoms with Gasteiger partial charge >= 0.3 is 0 Å². The minimum absolute atomic E-state index is 0.0264. The number of likely N-dealkylation sites (tertiary alicyclic amines) is 1. The minimum Gasteiger partial charge on any atom is -0.484 e. The van der Waals surface area contributed by atoms with Crippen LogP contribution in [0.4, 0.5) is 0 Å². The van der Waals surface area contributed by atoms with Crippen molar-refractivity contribution in [1.29, 1.82) is 5.26 Å². The molecule has 1 N–H and O–H groups in total. The van der Waals surface area contributed by atoms with Crippen LogP contribution in [-0.4, -0.2) is 42.5 Å². The Morgan fingerprint density at radius 1 is 1.28 bits per heavy atom. The van der Waals surface area contributed by atoms with Crippen LogP contribution in [0, 0.1) is 11.3 Å². The molecule has 2 rings (SSSR count). The van der Waals surface area contributed by atoms with E-state index in [2.05, 4.69) is 12.2 Å². The summed E-state index contributed by atoms with van der Waals surface area (Å²) in [5, 5.41) is 11.3. The molecular formula is C19H25N3O3. The number of hydrogen-bond donors (Lipinski definition) is 1. The molecule has 0 unspecified atom stereocenters. The summed E-state index contributed by atoms with van der Waals surface area (Å²) in [6.45, 7) is 3.35. The molecule has 6 heteroatoms. The van der Waals surface area contributed by atoms with Gasteiger partial charge in [0.2, 0.25) is 5.91 Å². The Morgan fingerprint density at radius 2 is 1.96 bits per heavy atom. The average molecular weight is 343 g/mol. The molecule has 2 amide bonds. The fourth-order valence-corrected chi connectivity index (χ4v) is 2.90. The summed E-state index contributed by atoms with van der Waals surface area (Å²) in [5.74, 6) is 0.411. The van der Waals surface area contributed by atoms with E-state index in [0.717, 1.165) is 12.8 Å². The molecule has 1 heterocycles. The molecule has 0 saturated carbocycles. The van der Waals surface area contributed by atoms with Gasteiger partial charge < -0.3 is 15.0 Å². The van der Waals surface area contributed by atoms with Crippen LogP contribution in [0.3, 0.4) is 0 Å². The predicted molar refractivity (Wildman–Crippen MR) is 93.9 cm³/mol. The topological polar surface area (TPSA) is 82.4 Å². The van der Waals surface area contributed by atoms with Crippen LogP contribution in [0.15, 0.2) is 24.3 Å². The Morgan fingerprint density at radius 3 is 2.56 bits per heavy atom. The molecule has 0 aromatic heterocycles. The van der Waals surface area contributed by atoms with Gasteiger partial charge in [-0.1, -0.05) is 25.5 Å². The van der Waals surface area contributed by atoms with E-state index in [0.29, 0.717) is 31.7 Å². The van der Waals surface area contributed by atoms with E-state index in [1.165, 1.54) is 5.56 Å². The van der Waals surface area contributed by atoms with Crippen LogP contribution in [0.2, 0.25) is 0 Å². The van der Waals surface area contributed by atoms with Crippen LogP contribution in [0.25, 0.3) is 0 Å². The van der Waals surface area contributed by atoms with E-state index in [-0.39, 0.29) is 30.9 Å². The standard InChI is InChI=1S/C19H25N3O3/c1-2-3-15-4-6-17(7-5-15)25-14-19(24)22-12-9-16(10-13-22)21-18(23)8-11-20/h4-7,16H,2-3,8-10,12-14H2,1H3,(H,21,23). The number of nitrogens with one attached hydrogen (secondary N) is 1. The third kappa shape index (κ3) is 6.11. The lowest BCUT2D eigenvalue weighted by Gasteiger charge is -2.32. The van der Waals surface area contributed by atoms with Gasteiger partial charge in [-0.3, -0.25) is 9.59 Å². The van der Waals surface area contributed by atoms with Gasteiger partial charge in [0.15, 0.2) is 6.61 Å². The molecule has 0 aliphatic carbocycles. The summed E-state index contributed by atoms with van der Waals surface area (Å²) in [6, 6.07) is 9.72. The average Bonchev–Trinajstić information content (AvgIpc) is 2.62. The maximum absolute atomic E-state index is 12.2. The van der Waals surface area contributed by atoms with Crippen LogP contribution in [-0.2, 0) is 16.0 Å². The van der Waals surface area contributed by atoms with Gasteiger partial charge in [0, 0.05) is 19.1 Å². The van der Waals surface area contributed by atoms with E-state index < -0.39 is 0 Å². The first-order valence-corrected chi connectivity index (χ1v) is 8.78. The first-order valence-electron chi connectivity index (χ1n) is 8.78. The molecule has 1 aromatic rings. The van der Waals surface area contributed by atoms with Crippen molar-refractivity contribution in [2.24, 2.45) is 0 Å². The number of ether oxygens (including phenoxy) is 1. The lowest BCUT2D eigenvalue weighted by atomic mass is 10.0. The highest BCUT2D eigenvalue weighted by atomic mass is 16.5. The van der Waals surface area contributed by atoms with Gasteiger partial charge in [-0.05, 0) is 37.0 Å². The van der Waals surface area contributed by atoms with Gasteiger partial charge in [0.05, 0.1) is 6.07 Å². The molecule has 0 atom stereocenters. The Labute approximate surface area is 148 Å². The van der Waals surface area contributed by atoms with E-state index in [9.17, 15) is 9.59 Å². The quantitative estimate of drug-likeness (QED) is 0.821. The maximum Gasteiger partial charge on any atom is 0.260 e. The second-order valence-electron chi connectivity index (χ2n) is 6.24. The van der Waals surface area contributed by atoms with Crippen molar-refractivity contribution in [3.63, 3.8) is 0 Å². The summed E-state index contributed by atoms with van der Waals surface area (Å²) in [4.78, 5) is 25.4. The minimum atomic E-state index is -0.248. The van der Waals surface area contributed by atoms with E-state index in [4.69, 9.17) is 10.00 Å². The number of nitrogens with zero attached hydrogens (tertiary/aromatic N) is 2. The number of hydrogen-bond acceptors (Lipinski definition) is 4. The van der Waals surface area contributed by atoms with Crippen molar-refractivity contribution in [2.75, 3.05) is 19.7 Å². The second kappa shape index (κ2) is 9.67. The van der Waals surface area contributed by atoms with Gasteiger partial charge in [-0.2, -0.15) is 5.26 Å². The maximum atomic E-state index is 12.2. The smallest absolute Gasteiger partial charge is 0.260 e. The van der Waals surface area contributed by atoms with Crippen LogP contribution in [0.5, 0.6) is 5.75 Å². The number of aryl methyl sites for hydroxylation is 1. The molecule has 134 valence electrons. The molecule has 0 bridgehead atoms. The summed E-state index contributed by atoms with van der Waals surface area (Å²) in [7, 11) is 0. The van der Waals surface area contributed by atoms with Crippen molar-refractivity contribution >= 4 is 11.8 Å². The summed E-state index contributed by atoms with van der Waals surface area (Å²) in [5.41, 5.74) is 1.27. The van der Waals surface area contributed by atoms with Crippen molar-refractivity contribution in [1.82, 2.24) is 10.2 Å². The molecule has 0 spiro atoms. The number of rotatable bonds is 7. The van der Waals surface area contributed by atoms with Crippen LogP contribution < -0.4 is 10.1 Å². The molecular weight excluding hydrogens is 318 g/mol. The Hall–Kier alpha value is -2.55. The monoisotopic (exact) mass is 343 g/mol. The molecule has 1 aliphatic heterocycles. The first kappa shape index (κ1) is 18.8. The van der Waals surface area contributed by atoms with Gasteiger partial charge in [-0.15, -0.1) is 0 Å². The number of piperidine rings is 1. The highest BCUT2D eigenvalue weighted by Crippen LogP contribution is 2.15. The Balaban J connectivity index is 1.71. The molecule has 6 nitrogen and oxygen atoms in total. The fourth-order valence-electron chi connectivity index (χ4n) is 2.90. The second-order valence-corrected chi connectivity index (χ2v) is 6.24. The van der Waals surface area contributed by atoms with Gasteiger partial charge in [-0.25, -0.2) is 0 Å². The van der Waals surface area contributed by atoms with Crippen LogP contribution >= 0.6 is 0 Å². The lowest BCUT2D eigenvalue weighted by molar-refractivity contribution is -0.134. The summed E-state index contributed by atoms with van der Waals surface area (Å²) < 4.78 is 5.58. The molecule has 25 heavy (non-hydrogen) atoms. The largest absolute Gasteiger partial charge is 0.484 e. The van der Waals surface area contributed by atoms with Crippen molar-refractivity contribution in [3.8, 4) is 11.8 Å². The molecule has 1 saturated heterocycles. The first-order chi connectivity index (χ1) is 12.1. The lowest BCUT2D eigenvalue weighted by Crippen LogP contribution is -2.47. The number of amides is 2. The SMILES string of the molecule is CCCc1ccc(OCC(=O)N2CCC(NC(=O)CC#N)CC2)cc1. The number of benzene rings is 1. The van der Waals surface area contributed by atoms with E-state index in [1.54, 1.807) is 4.90 Å². The zero-order valence-electron chi connectivity index (χ0n) is 14.7. The van der Waals surface area contributed by atoms with Gasteiger partial charge in [0.1, 0.15) is 12.2 Å². The molecule has 1 fully saturated rings. The van der Waals surface area contributed by atoms with Crippen molar-refractivity contribution in [3.05, 3.63) is 29.8 Å². The van der Waals surface area contributed by atoms with Crippen LogP contribution in [0.1, 0.15) is 38.2 Å². The number of nitriles is 1. The number of carbonyl (C=O) groups excluding carboxylic acids is 2. The highest BCUT2D eigenvalue weighted by molar-refractivity contribution is 5.79. The van der Waals surface area contributed by atoms with Crippen molar-refractivity contribution < 1.29 is 14.3 Å². The third-order valence-electron chi connectivity index (χ3n) is 4.28.